The van der Waals surface area contributed by atoms with Gasteiger partial charge in [0.25, 0.3) is 0 Å². The zero-order chi connectivity index (χ0) is 16.9. The van der Waals surface area contributed by atoms with Crippen molar-refractivity contribution in [3.8, 4) is 0 Å². The average Bonchev–Trinajstić information content (AvgIpc) is 2.81. The van der Waals surface area contributed by atoms with Crippen LogP contribution in [0.15, 0.2) is 6.20 Å². The van der Waals surface area contributed by atoms with Gasteiger partial charge >= 0.3 is 12.1 Å². The number of hydrogen-bond donors (Lipinski definition) is 2. The quantitative estimate of drug-likeness (QED) is 0.791. The van der Waals surface area contributed by atoms with Gasteiger partial charge in [-0.25, -0.2) is 14.3 Å². The van der Waals surface area contributed by atoms with Crippen LogP contribution < -0.4 is 0 Å². The van der Waals surface area contributed by atoms with E-state index in [0.717, 1.165) is 4.90 Å². The molecule has 0 aromatic carbocycles. The Kier molecular flexibility index (Phi) is 5.86. The van der Waals surface area contributed by atoms with Crippen LogP contribution in [0.1, 0.15) is 39.4 Å². The fourth-order valence-corrected chi connectivity index (χ4v) is 1.81. The summed E-state index contributed by atoms with van der Waals surface area (Å²) in [6, 6.07) is -1.30. The van der Waals surface area contributed by atoms with Crippen molar-refractivity contribution in [3.63, 3.8) is 0 Å². The molecular formula is C13H22N4O5. The van der Waals surface area contributed by atoms with Crippen molar-refractivity contribution in [2.75, 3.05) is 13.2 Å². The molecule has 124 valence electrons. The minimum absolute atomic E-state index is 0.105. The first kappa shape index (κ1) is 17.9. The molecule has 0 aliphatic carbocycles. The zero-order valence-electron chi connectivity index (χ0n) is 13.2. The highest BCUT2D eigenvalue weighted by atomic mass is 16.6. The van der Waals surface area contributed by atoms with Crippen LogP contribution in [-0.2, 0) is 16.1 Å². The van der Waals surface area contributed by atoms with E-state index in [2.05, 4.69) is 10.3 Å². The van der Waals surface area contributed by atoms with Crippen LogP contribution in [0.2, 0.25) is 0 Å². The van der Waals surface area contributed by atoms with Crippen molar-refractivity contribution >= 4 is 12.1 Å². The highest BCUT2D eigenvalue weighted by Crippen LogP contribution is 2.21. The van der Waals surface area contributed by atoms with Gasteiger partial charge in [0.2, 0.25) is 0 Å². The fourth-order valence-electron chi connectivity index (χ4n) is 1.81. The molecule has 1 unspecified atom stereocenters. The smallest absolute Gasteiger partial charge is 0.411 e. The summed E-state index contributed by atoms with van der Waals surface area (Å²) in [5.41, 5.74) is -0.629. The number of amides is 1. The Hall–Kier alpha value is -2.16. The largest absolute Gasteiger partial charge is 0.479 e. The van der Waals surface area contributed by atoms with E-state index in [1.807, 2.05) is 0 Å². The van der Waals surface area contributed by atoms with Gasteiger partial charge in [-0.15, -0.1) is 5.10 Å². The summed E-state index contributed by atoms with van der Waals surface area (Å²) >= 11 is 0. The Morgan fingerprint density at radius 3 is 2.55 bits per heavy atom. The monoisotopic (exact) mass is 314 g/mol. The lowest BCUT2D eigenvalue weighted by Gasteiger charge is -2.29. The van der Waals surface area contributed by atoms with E-state index >= 15 is 0 Å². The van der Waals surface area contributed by atoms with E-state index in [4.69, 9.17) is 9.84 Å². The van der Waals surface area contributed by atoms with E-state index in [-0.39, 0.29) is 25.4 Å². The van der Waals surface area contributed by atoms with E-state index in [9.17, 15) is 14.7 Å². The van der Waals surface area contributed by atoms with Gasteiger partial charge in [0.1, 0.15) is 11.3 Å². The second-order valence-corrected chi connectivity index (χ2v) is 5.64. The second-order valence-electron chi connectivity index (χ2n) is 5.64. The molecule has 9 heteroatoms. The van der Waals surface area contributed by atoms with E-state index < -0.39 is 23.7 Å². The molecule has 9 nitrogen and oxygen atoms in total. The van der Waals surface area contributed by atoms with Gasteiger partial charge in [-0.1, -0.05) is 5.21 Å². The molecule has 1 rings (SSSR count). The lowest BCUT2D eigenvalue weighted by molar-refractivity contribution is -0.143. The summed E-state index contributed by atoms with van der Waals surface area (Å²) in [5, 5.41) is 25.8. The Balaban J connectivity index is 3.05. The maximum atomic E-state index is 12.2. The maximum absolute atomic E-state index is 12.2. The van der Waals surface area contributed by atoms with Gasteiger partial charge < -0.3 is 14.9 Å². The average molecular weight is 314 g/mol. The molecule has 0 aliphatic rings. The number of hydrogen-bond acceptors (Lipinski definition) is 6. The SMILES string of the molecule is CCN(C(=O)OC(C)(C)C)C(C(=O)O)c1cn(CCO)nn1. The minimum atomic E-state index is -1.30. The van der Waals surface area contributed by atoms with Gasteiger partial charge in [0, 0.05) is 6.54 Å². The van der Waals surface area contributed by atoms with E-state index in [1.165, 1.54) is 10.9 Å². The molecular weight excluding hydrogens is 292 g/mol. The lowest BCUT2D eigenvalue weighted by atomic mass is 10.2. The number of aliphatic hydroxyl groups excluding tert-OH is 1. The van der Waals surface area contributed by atoms with Crippen LogP contribution in [-0.4, -0.2) is 60.9 Å². The summed E-state index contributed by atoms with van der Waals surface area (Å²) in [4.78, 5) is 24.8. The van der Waals surface area contributed by atoms with Crippen LogP contribution in [0.25, 0.3) is 0 Å². The highest BCUT2D eigenvalue weighted by Gasteiger charge is 2.35. The van der Waals surface area contributed by atoms with Gasteiger partial charge in [0.05, 0.1) is 19.3 Å². The minimum Gasteiger partial charge on any atom is -0.479 e. The van der Waals surface area contributed by atoms with Crippen molar-refractivity contribution in [2.45, 2.75) is 45.9 Å². The number of likely N-dealkylation sites (N-methyl/N-ethyl adjacent to an activating group) is 1. The highest BCUT2D eigenvalue weighted by molar-refractivity contribution is 5.81. The van der Waals surface area contributed by atoms with Crippen LogP contribution in [0, 0.1) is 0 Å². The molecule has 1 amide bonds. The van der Waals surface area contributed by atoms with Crippen LogP contribution in [0.3, 0.4) is 0 Å². The van der Waals surface area contributed by atoms with Gasteiger partial charge in [-0.05, 0) is 27.7 Å². The number of rotatable bonds is 6. The molecule has 0 aliphatic heterocycles. The van der Waals surface area contributed by atoms with Gasteiger partial charge in [-0.3, -0.25) is 4.90 Å². The Morgan fingerprint density at radius 1 is 1.45 bits per heavy atom. The predicted molar refractivity (Wildman–Crippen MR) is 76.1 cm³/mol. The third-order valence-electron chi connectivity index (χ3n) is 2.68. The van der Waals surface area contributed by atoms with Crippen LogP contribution >= 0.6 is 0 Å². The number of nitrogens with zero attached hydrogens (tertiary/aromatic N) is 4. The van der Waals surface area contributed by atoms with E-state index in [0.29, 0.717) is 0 Å². The molecule has 1 aromatic heterocycles. The molecule has 0 radical (unpaired) electrons. The fraction of sp³-hybridized carbons (Fsp3) is 0.692. The molecule has 1 heterocycles. The molecule has 22 heavy (non-hydrogen) atoms. The molecule has 0 saturated carbocycles. The number of aromatic nitrogens is 3. The standard InChI is InChI=1S/C13H22N4O5/c1-5-17(12(21)22-13(2,3)4)10(11(19)20)9-8-16(6-7-18)15-14-9/h8,10,18H,5-7H2,1-4H3,(H,19,20). The van der Waals surface area contributed by atoms with E-state index in [1.54, 1.807) is 27.7 Å². The topological polar surface area (TPSA) is 118 Å². The van der Waals surface area contributed by atoms with Crippen molar-refractivity contribution in [3.05, 3.63) is 11.9 Å². The van der Waals surface area contributed by atoms with Gasteiger partial charge in [0.15, 0.2) is 6.04 Å². The summed E-state index contributed by atoms with van der Waals surface area (Å²) < 4.78 is 6.54. The summed E-state index contributed by atoms with van der Waals surface area (Å²) in [7, 11) is 0. The van der Waals surface area contributed by atoms with Crippen molar-refractivity contribution in [1.29, 1.82) is 0 Å². The molecule has 2 N–H and O–H groups in total. The molecule has 0 spiro atoms. The first-order chi connectivity index (χ1) is 10.2. The van der Waals surface area contributed by atoms with Crippen LogP contribution in [0.4, 0.5) is 4.79 Å². The number of carbonyl (C=O) groups excluding carboxylic acids is 1. The van der Waals surface area contributed by atoms with Crippen molar-refractivity contribution < 1.29 is 24.5 Å². The lowest BCUT2D eigenvalue weighted by Crippen LogP contribution is -2.42. The Bertz CT molecular complexity index is 523. The number of carbonyl (C=O) groups is 2. The molecule has 1 atom stereocenters. The van der Waals surface area contributed by atoms with Crippen molar-refractivity contribution in [2.24, 2.45) is 0 Å². The number of carboxylic acids is 1. The third-order valence-corrected chi connectivity index (χ3v) is 2.68. The normalized spacial score (nSPS) is 12.8. The summed E-state index contributed by atoms with van der Waals surface area (Å²) in [6.07, 6.45) is 0.654. The first-order valence-corrected chi connectivity index (χ1v) is 6.93. The summed E-state index contributed by atoms with van der Waals surface area (Å²) in [5.74, 6) is -1.23. The number of carboxylic acid groups (broad SMARTS) is 1. The predicted octanol–water partition coefficient (Wildman–Crippen LogP) is 0.653. The molecule has 1 aromatic rings. The third kappa shape index (κ3) is 4.69. The molecule has 0 bridgehead atoms. The zero-order valence-corrected chi connectivity index (χ0v) is 13.2. The van der Waals surface area contributed by atoms with Crippen molar-refractivity contribution in [1.82, 2.24) is 19.9 Å². The number of aliphatic carboxylic acids is 1. The Morgan fingerprint density at radius 2 is 2.09 bits per heavy atom. The number of ether oxygens (including phenoxy) is 1. The Labute approximate surface area is 128 Å². The second kappa shape index (κ2) is 7.21. The van der Waals surface area contributed by atoms with Gasteiger partial charge in [-0.2, -0.15) is 0 Å². The maximum Gasteiger partial charge on any atom is 0.411 e. The molecule has 0 saturated heterocycles. The first-order valence-electron chi connectivity index (χ1n) is 6.93. The number of aliphatic hydroxyl groups is 1. The summed E-state index contributed by atoms with van der Waals surface area (Å²) in [6.45, 7) is 6.93. The van der Waals surface area contributed by atoms with Crippen LogP contribution in [0.5, 0.6) is 0 Å². The molecule has 0 fully saturated rings.